The molecule has 1 heterocycles. The SMILES string of the molecule is CC(=O)c1cccc(NN2C=CC=C(C(=O)O)C2)c1. The van der Waals surface area contributed by atoms with Gasteiger partial charge in [0.2, 0.25) is 0 Å². The highest BCUT2D eigenvalue weighted by Gasteiger charge is 2.13. The van der Waals surface area contributed by atoms with Gasteiger partial charge in [-0.15, -0.1) is 0 Å². The van der Waals surface area contributed by atoms with Crippen LogP contribution in [0.5, 0.6) is 0 Å². The second kappa shape index (κ2) is 5.39. The number of hydrazine groups is 1. The first-order chi connectivity index (χ1) is 9.06. The van der Waals surface area contributed by atoms with Gasteiger partial charge in [0.25, 0.3) is 0 Å². The first-order valence-electron chi connectivity index (χ1n) is 5.81. The van der Waals surface area contributed by atoms with Crippen LogP contribution in [0, 0.1) is 0 Å². The molecule has 19 heavy (non-hydrogen) atoms. The van der Waals surface area contributed by atoms with Crippen LogP contribution in [0.2, 0.25) is 0 Å². The maximum Gasteiger partial charge on any atom is 0.333 e. The molecule has 0 aromatic heterocycles. The molecule has 5 heteroatoms. The Morgan fingerprint density at radius 3 is 2.84 bits per heavy atom. The van der Waals surface area contributed by atoms with Crippen molar-refractivity contribution in [2.24, 2.45) is 0 Å². The smallest absolute Gasteiger partial charge is 0.333 e. The number of nitrogens with one attached hydrogen (secondary N) is 1. The minimum absolute atomic E-state index is 0.0102. The topological polar surface area (TPSA) is 69.6 Å². The Bertz CT molecular complexity index is 576. The van der Waals surface area contributed by atoms with Gasteiger partial charge in [0.15, 0.2) is 5.78 Å². The number of aliphatic carboxylic acids is 1. The second-order valence-electron chi connectivity index (χ2n) is 4.22. The van der Waals surface area contributed by atoms with Gasteiger partial charge in [0, 0.05) is 11.8 Å². The summed E-state index contributed by atoms with van der Waals surface area (Å²) in [6.45, 7) is 1.77. The van der Waals surface area contributed by atoms with Gasteiger partial charge in [0.05, 0.1) is 17.8 Å². The number of Topliss-reactive ketones (excluding diaryl/α,β-unsaturated/α-hetero) is 1. The first kappa shape index (κ1) is 12.9. The Morgan fingerprint density at radius 2 is 2.16 bits per heavy atom. The Balaban J connectivity index is 2.09. The number of benzene rings is 1. The molecule has 0 spiro atoms. The van der Waals surface area contributed by atoms with Crippen molar-refractivity contribution in [2.45, 2.75) is 6.92 Å². The Hall–Kier alpha value is -2.56. The Morgan fingerprint density at radius 1 is 1.37 bits per heavy atom. The third kappa shape index (κ3) is 3.22. The fourth-order valence-corrected chi connectivity index (χ4v) is 1.74. The number of hydrogen-bond donors (Lipinski definition) is 2. The number of rotatable bonds is 4. The van der Waals surface area contributed by atoms with Crippen LogP contribution in [0.25, 0.3) is 0 Å². The monoisotopic (exact) mass is 258 g/mol. The molecule has 0 radical (unpaired) electrons. The predicted molar refractivity (Wildman–Crippen MR) is 71.6 cm³/mol. The lowest BCUT2D eigenvalue weighted by molar-refractivity contribution is -0.132. The molecular weight excluding hydrogens is 244 g/mol. The summed E-state index contributed by atoms with van der Waals surface area (Å²) in [4.78, 5) is 22.2. The van der Waals surface area contributed by atoms with Crippen molar-refractivity contribution in [3.63, 3.8) is 0 Å². The van der Waals surface area contributed by atoms with Gasteiger partial charge >= 0.3 is 5.97 Å². The number of ketones is 1. The highest BCUT2D eigenvalue weighted by molar-refractivity contribution is 5.94. The average molecular weight is 258 g/mol. The molecule has 1 aliphatic rings. The molecule has 1 aromatic rings. The lowest BCUT2D eigenvalue weighted by Crippen LogP contribution is -2.30. The van der Waals surface area contributed by atoms with E-state index in [1.54, 1.807) is 41.6 Å². The number of allylic oxidation sites excluding steroid dienone is 2. The van der Waals surface area contributed by atoms with Crippen LogP contribution in [0.4, 0.5) is 5.69 Å². The van der Waals surface area contributed by atoms with Gasteiger partial charge in [-0.05, 0) is 31.2 Å². The molecule has 0 saturated carbocycles. The summed E-state index contributed by atoms with van der Waals surface area (Å²) in [6, 6.07) is 7.07. The second-order valence-corrected chi connectivity index (χ2v) is 4.22. The summed E-state index contributed by atoms with van der Waals surface area (Å²) in [5, 5.41) is 10.6. The molecular formula is C14H14N2O3. The van der Waals surface area contributed by atoms with Gasteiger partial charge < -0.3 is 5.11 Å². The molecule has 0 bridgehead atoms. The summed E-state index contributed by atoms with van der Waals surface area (Å²) in [7, 11) is 0. The Labute approximate surface area is 110 Å². The van der Waals surface area contributed by atoms with Crippen LogP contribution >= 0.6 is 0 Å². The van der Waals surface area contributed by atoms with E-state index in [9.17, 15) is 9.59 Å². The van der Waals surface area contributed by atoms with Crippen molar-refractivity contribution < 1.29 is 14.7 Å². The van der Waals surface area contributed by atoms with Crippen molar-refractivity contribution in [2.75, 3.05) is 12.0 Å². The van der Waals surface area contributed by atoms with E-state index in [0.29, 0.717) is 11.1 Å². The third-order valence-corrected chi connectivity index (χ3v) is 2.72. The number of carbonyl (C=O) groups is 2. The normalized spacial score (nSPS) is 13.9. The van der Waals surface area contributed by atoms with Crippen LogP contribution in [0.15, 0.2) is 48.2 Å². The highest BCUT2D eigenvalue weighted by Crippen LogP contribution is 2.14. The first-order valence-corrected chi connectivity index (χ1v) is 5.81. The van der Waals surface area contributed by atoms with Gasteiger partial charge in [-0.1, -0.05) is 12.1 Å². The maximum absolute atomic E-state index is 11.3. The molecule has 0 aliphatic carbocycles. The molecule has 1 aliphatic heterocycles. The molecule has 0 fully saturated rings. The van der Waals surface area contributed by atoms with E-state index in [0.717, 1.165) is 5.69 Å². The van der Waals surface area contributed by atoms with Crippen molar-refractivity contribution in [1.82, 2.24) is 5.01 Å². The van der Waals surface area contributed by atoms with Crippen LogP contribution in [-0.2, 0) is 4.79 Å². The summed E-state index contributed by atoms with van der Waals surface area (Å²) in [5.74, 6) is -0.947. The minimum Gasteiger partial charge on any atom is -0.478 e. The fraction of sp³-hybridized carbons (Fsp3) is 0.143. The van der Waals surface area contributed by atoms with E-state index >= 15 is 0 Å². The van der Waals surface area contributed by atoms with Crippen LogP contribution in [0.1, 0.15) is 17.3 Å². The summed E-state index contributed by atoms with van der Waals surface area (Å²) in [6.07, 6.45) is 4.97. The zero-order chi connectivity index (χ0) is 13.8. The Kier molecular flexibility index (Phi) is 3.66. The average Bonchev–Trinajstić information content (AvgIpc) is 2.39. The molecule has 0 amide bonds. The molecule has 0 saturated heterocycles. The standard InChI is InChI=1S/C14H14N2O3/c1-10(17)11-4-2-6-13(8-11)15-16-7-3-5-12(9-16)14(18)19/h2-8,15H,9H2,1H3,(H,18,19). The quantitative estimate of drug-likeness (QED) is 0.809. The van der Waals surface area contributed by atoms with Gasteiger partial charge in [-0.3, -0.25) is 15.2 Å². The van der Waals surface area contributed by atoms with Gasteiger partial charge in [-0.25, -0.2) is 4.79 Å². The highest BCUT2D eigenvalue weighted by atomic mass is 16.4. The number of hydrogen-bond acceptors (Lipinski definition) is 4. The molecule has 5 nitrogen and oxygen atoms in total. The predicted octanol–water partition coefficient (Wildman–Crippen LogP) is 2.06. The zero-order valence-electron chi connectivity index (χ0n) is 10.5. The summed E-state index contributed by atoms with van der Waals surface area (Å²) < 4.78 is 0. The minimum atomic E-state index is -0.936. The van der Waals surface area contributed by atoms with Gasteiger partial charge in [0.1, 0.15) is 0 Å². The van der Waals surface area contributed by atoms with E-state index in [1.165, 1.54) is 6.92 Å². The van der Waals surface area contributed by atoms with Crippen LogP contribution in [0.3, 0.4) is 0 Å². The van der Waals surface area contributed by atoms with Crippen molar-refractivity contribution in [1.29, 1.82) is 0 Å². The van der Waals surface area contributed by atoms with E-state index < -0.39 is 5.97 Å². The molecule has 98 valence electrons. The number of carboxylic acid groups (broad SMARTS) is 1. The largest absolute Gasteiger partial charge is 0.478 e. The zero-order valence-corrected chi connectivity index (χ0v) is 10.5. The molecule has 2 rings (SSSR count). The van der Waals surface area contributed by atoms with Crippen LogP contribution < -0.4 is 5.43 Å². The van der Waals surface area contributed by atoms with E-state index in [4.69, 9.17) is 5.11 Å². The molecule has 0 unspecified atom stereocenters. The van der Waals surface area contributed by atoms with Crippen molar-refractivity contribution >= 4 is 17.4 Å². The summed E-state index contributed by atoms with van der Waals surface area (Å²) in [5.41, 5.74) is 4.71. The lowest BCUT2D eigenvalue weighted by atomic mass is 10.1. The fourth-order valence-electron chi connectivity index (χ4n) is 1.74. The molecule has 0 atom stereocenters. The lowest BCUT2D eigenvalue weighted by Gasteiger charge is -2.25. The number of anilines is 1. The number of carboxylic acids is 1. The molecule has 1 aromatic carbocycles. The number of carbonyl (C=O) groups excluding carboxylic acids is 1. The summed E-state index contributed by atoms with van der Waals surface area (Å²) >= 11 is 0. The van der Waals surface area contributed by atoms with Gasteiger partial charge in [-0.2, -0.15) is 0 Å². The maximum atomic E-state index is 11.3. The molecule has 2 N–H and O–H groups in total. The van der Waals surface area contributed by atoms with Crippen molar-refractivity contribution in [3.8, 4) is 0 Å². The third-order valence-electron chi connectivity index (χ3n) is 2.72. The van der Waals surface area contributed by atoms with E-state index in [1.807, 2.05) is 6.07 Å². The van der Waals surface area contributed by atoms with Crippen molar-refractivity contribution in [3.05, 3.63) is 53.8 Å². The number of nitrogens with zero attached hydrogens (tertiary/aromatic N) is 1. The van der Waals surface area contributed by atoms with Crippen LogP contribution in [-0.4, -0.2) is 28.4 Å². The van der Waals surface area contributed by atoms with E-state index in [-0.39, 0.29) is 12.3 Å². The van der Waals surface area contributed by atoms with E-state index in [2.05, 4.69) is 5.43 Å².